The van der Waals surface area contributed by atoms with Crippen molar-refractivity contribution in [1.29, 1.82) is 0 Å². The van der Waals surface area contributed by atoms with Crippen LogP contribution in [0.15, 0.2) is 0 Å². The Labute approximate surface area is 379 Å². The maximum absolute atomic E-state index is 12.1. The number of rotatable bonds is 13. The molecule has 0 bridgehead atoms. The predicted molar refractivity (Wildman–Crippen MR) is 220 cm³/mol. The Balaban J connectivity index is 0.886. The van der Waals surface area contributed by atoms with Crippen LogP contribution in [0.4, 0.5) is 0 Å². The van der Waals surface area contributed by atoms with Gasteiger partial charge < -0.3 is 99.5 Å². The summed E-state index contributed by atoms with van der Waals surface area (Å²) in [6.45, 7) is 6.88. The first-order valence-corrected chi connectivity index (χ1v) is 23.9. The molecule has 8 aliphatic rings. The van der Waals surface area contributed by atoms with Gasteiger partial charge in [-0.3, -0.25) is 0 Å². The molecule has 20 nitrogen and oxygen atoms in total. The van der Waals surface area contributed by atoms with Gasteiger partial charge >= 0.3 is 0 Å². The number of ether oxygens (including phenoxy) is 7. The van der Waals surface area contributed by atoms with E-state index in [1.54, 1.807) is 0 Å². The van der Waals surface area contributed by atoms with E-state index in [-0.39, 0.29) is 59.0 Å². The minimum atomic E-state index is -1.79. The lowest BCUT2D eigenvalue weighted by Crippen LogP contribution is -2.65. The lowest BCUT2D eigenvalue weighted by atomic mass is 9.43. The van der Waals surface area contributed by atoms with Crippen LogP contribution >= 0.6 is 0 Å². The zero-order chi connectivity index (χ0) is 47.1. The Morgan fingerprint density at radius 2 is 1.18 bits per heavy atom. The van der Waals surface area contributed by atoms with Gasteiger partial charge in [-0.1, -0.05) is 27.7 Å². The van der Waals surface area contributed by atoms with E-state index in [2.05, 4.69) is 20.8 Å². The molecule has 0 spiro atoms. The van der Waals surface area contributed by atoms with Crippen molar-refractivity contribution in [3.63, 3.8) is 0 Å². The van der Waals surface area contributed by atoms with E-state index in [0.717, 1.165) is 25.7 Å². The van der Waals surface area contributed by atoms with Crippen LogP contribution in [0.2, 0.25) is 0 Å². The van der Waals surface area contributed by atoms with Gasteiger partial charge in [0.1, 0.15) is 73.2 Å². The summed E-state index contributed by atoms with van der Waals surface area (Å²) >= 11 is 0. The lowest BCUT2D eigenvalue weighted by Gasteiger charge is -2.62. The highest BCUT2D eigenvalue weighted by atomic mass is 16.8. The molecule has 65 heavy (non-hydrogen) atoms. The number of aliphatic hydroxyl groups excluding tert-OH is 12. The molecule has 28 atom stereocenters. The summed E-state index contributed by atoms with van der Waals surface area (Å²) in [5.41, 5.74) is -0.356. The summed E-state index contributed by atoms with van der Waals surface area (Å²) in [7, 11) is 0. The van der Waals surface area contributed by atoms with Gasteiger partial charge in [0, 0.05) is 12.3 Å². The molecular formula is C45H76O20. The summed E-state index contributed by atoms with van der Waals surface area (Å²) in [6, 6.07) is 0. The third-order valence-corrected chi connectivity index (χ3v) is 18.0. The molecule has 8 fully saturated rings. The average molecular weight is 937 g/mol. The van der Waals surface area contributed by atoms with E-state index >= 15 is 0 Å². The maximum Gasteiger partial charge on any atom is 0.187 e. The zero-order valence-corrected chi connectivity index (χ0v) is 37.8. The molecule has 0 aromatic rings. The molecule has 8 rings (SSSR count). The molecule has 0 radical (unpaired) electrons. The van der Waals surface area contributed by atoms with Gasteiger partial charge in [-0.15, -0.1) is 0 Å². The Hall–Kier alpha value is -0.800. The fraction of sp³-hybridized carbons (Fsp3) is 1.00. The third kappa shape index (κ3) is 8.89. The number of hydrogen-bond acceptors (Lipinski definition) is 20. The van der Waals surface area contributed by atoms with E-state index in [1.165, 1.54) is 0 Å². The molecule has 4 aliphatic heterocycles. The van der Waals surface area contributed by atoms with Crippen LogP contribution in [0.1, 0.15) is 85.5 Å². The fourth-order valence-electron chi connectivity index (χ4n) is 14.2. The van der Waals surface area contributed by atoms with Crippen molar-refractivity contribution in [2.45, 2.75) is 202 Å². The lowest BCUT2D eigenvalue weighted by molar-refractivity contribution is -0.373. The van der Waals surface area contributed by atoms with Crippen LogP contribution in [-0.2, 0) is 33.2 Å². The second-order valence-electron chi connectivity index (χ2n) is 21.6. The van der Waals surface area contributed by atoms with Crippen LogP contribution in [-0.4, -0.2) is 209 Å². The first kappa shape index (κ1) is 50.6. The minimum absolute atomic E-state index is 0.0854. The van der Waals surface area contributed by atoms with Gasteiger partial charge in [-0.25, -0.2) is 0 Å². The summed E-state index contributed by atoms with van der Waals surface area (Å²) < 4.78 is 41.8. The summed E-state index contributed by atoms with van der Waals surface area (Å²) in [5, 5.41) is 137. The quantitative estimate of drug-likeness (QED) is 0.0829. The van der Waals surface area contributed by atoms with E-state index < -0.39 is 130 Å². The van der Waals surface area contributed by atoms with E-state index in [9.17, 15) is 66.4 Å². The van der Waals surface area contributed by atoms with Crippen molar-refractivity contribution in [3.05, 3.63) is 0 Å². The molecule has 0 unspecified atom stereocenters. The van der Waals surface area contributed by atoms with Crippen molar-refractivity contribution < 1.29 is 99.5 Å². The highest BCUT2D eigenvalue weighted by molar-refractivity contribution is 5.16. The van der Waals surface area contributed by atoms with Gasteiger partial charge in [-0.05, 0) is 97.7 Å². The highest BCUT2D eigenvalue weighted by Crippen LogP contribution is 2.71. The number of aliphatic hydroxyl groups is 13. The molecular weight excluding hydrogens is 860 g/mol. The molecule has 4 saturated carbocycles. The Bertz CT molecular complexity index is 1600. The molecule has 20 heteroatoms. The highest BCUT2D eigenvalue weighted by Gasteiger charge is 2.69. The van der Waals surface area contributed by atoms with Crippen molar-refractivity contribution in [3.8, 4) is 0 Å². The van der Waals surface area contributed by atoms with Crippen LogP contribution < -0.4 is 0 Å². The number of fused-ring (bicyclic) bond motifs is 7. The van der Waals surface area contributed by atoms with Crippen molar-refractivity contribution in [1.82, 2.24) is 0 Å². The Kier molecular flexibility index (Phi) is 15.1. The minimum Gasteiger partial charge on any atom is -0.394 e. The Morgan fingerprint density at radius 1 is 0.615 bits per heavy atom. The Morgan fingerprint density at radius 3 is 1.82 bits per heavy atom. The molecule has 4 heterocycles. The van der Waals surface area contributed by atoms with Crippen LogP contribution in [0.25, 0.3) is 0 Å². The largest absolute Gasteiger partial charge is 0.394 e. The van der Waals surface area contributed by atoms with Gasteiger partial charge in [0.25, 0.3) is 0 Å². The van der Waals surface area contributed by atoms with Gasteiger partial charge in [0.05, 0.1) is 44.7 Å². The molecule has 0 aromatic carbocycles. The third-order valence-electron chi connectivity index (χ3n) is 18.0. The summed E-state index contributed by atoms with van der Waals surface area (Å²) in [4.78, 5) is 0. The first-order valence-electron chi connectivity index (χ1n) is 23.9. The molecule has 13 N–H and O–H groups in total. The number of hydrogen-bond donors (Lipinski definition) is 13. The second kappa shape index (κ2) is 19.4. The summed E-state index contributed by atoms with van der Waals surface area (Å²) in [6.07, 6.45) is -17.6. The predicted octanol–water partition coefficient (Wildman–Crippen LogP) is -2.81. The molecule has 4 aliphatic carbocycles. The van der Waals surface area contributed by atoms with E-state index in [1.807, 2.05) is 6.92 Å². The van der Waals surface area contributed by atoms with E-state index in [4.69, 9.17) is 33.2 Å². The van der Waals surface area contributed by atoms with Crippen LogP contribution in [0.3, 0.4) is 0 Å². The molecule has 376 valence electrons. The molecule has 0 aromatic heterocycles. The molecule has 4 saturated heterocycles. The zero-order valence-electron chi connectivity index (χ0n) is 37.8. The van der Waals surface area contributed by atoms with Crippen LogP contribution in [0, 0.1) is 52.3 Å². The normalized spacial score (nSPS) is 56.1. The maximum atomic E-state index is 12.1. The van der Waals surface area contributed by atoms with Crippen molar-refractivity contribution in [2.75, 3.05) is 26.4 Å². The van der Waals surface area contributed by atoms with E-state index in [0.29, 0.717) is 38.0 Å². The standard InChI is InChI=1S/C45H76O20/c1-18(17-59-40-37(56)34(53)31(50)27(14-46)61-40)5-10-45(58)19(2)30-26(65-45)13-23-21-12-25(49)24-11-20(6-8-43(24,3)22(21)7-9-44(23,30)4)60-42-39(36(55)33(52)29(16-48)63-42)64-41-38(57)35(54)32(51)28(15-47)62-41/h18-42,46-58H,5-17H2,1-4H3/t18-,19-,20-,21+,22-,23-,24-,25-,26-,27+,28+,29+,30-,31+,32+,33-,34-,35-,36-,37+,38+,39+,40+,41-,42+,43+,44-,45+/m0/s1. The smallest absolute Gasteiger partial charge is 0.187 e. The second-order valence-corrected chi connectivity index (χ2v) is 21.6. The topological polar surface area (TPSA) is 328 Å². The van der Waals surface area contributed by atoms with Crippen molar-refractivity contribution in [2.24, 2.45) is 52.3 Å². The average Bonchev–Trinajstić information content (AvgIpc) is 3.72. The monoisotopic (exact) mass is 936 g/mol. The fourth-order valence-corrected chi connectivity index (χ4v) is 14.2. The van der Waals surface area contributed by atoms with Gasteiger partial charge in [0.15, 0.2) is 24.7 Å². The van der Waals surface area contributed by atoms with Crippen LogP contribution in [0.5, 0.6) is 0 Å². The summed E-state index contributed by atoms with van der Waals surface area (Å²) in [5.74, 6) is -0.817. The van der Waals surface area contributed by atoms with Gasteiger partial charge in [0.2, 0.25) is 0 Å². The SMILES string of the molecule is C[C@@H](CC[C@@]1(O)O[C@H]2C[C@H]3[C@@H]4C[C@H](O)[C@@H]5C[C@@H](O[C@@H]6O[C@H](CO)[C@H](O)[C@H](O)[C@H]6O[C@@H]6O[C@H](CO)[C@@H](O)[C@H](O)[C@H]6O)CC[C@]5(C)[C@H]4CC[C@]3(C)[C@H]2[C@@H]1C)CO[C@@H]1O[C@H](CO)[C@@H](O)[C@H](O)[C@H]1O. The van der Waals surface area contributed by atoms with Gasteiger partial charge in [-0.2, -0.15) is 0 Å². The molecule has 0 amide bonds. The first-order chi connectivity index (χ1) is 30.7. The van der Waals surface area contributed by atoms with Crippen molar-refractivity contribution >= 4 is 0 Å².